The lowest BCUT2D eigenvalue weighted by Crippen LogP contribution is -2.27. The highest BCUT2D eigenvalue weighted by molar-refractivity contribution is 8.00. The number of hydrogen-bond donors (Lipinski definition) is 1. The largest absolute Gasteiger partial charge is 0.322 e. The van der Waals surface area contributed by atoms with Gasteiger partial charge in [-0.2, -0.15) is 0 Å². The van der Waals surface area contributed by atoms with Crippen LogP contribution in [0.15, 0.2) is 66.7 Å². The van der Waals surface area contributed by atoms with Gasteiger partial charge in [0.1, 0.15) is 5.37 Å². The maximum Gasteiger partial charge on any atom is 0.255 e. The van der Waals surface area contributed by atoms with Gasteiger partial charge in [-0.05, 0) is 53.6 Å². The van der Waals surface area contributed by atoms with Crippen molar-refractivity contribution < 1.29 is 9.59 Å². The number of thioether (sulfide) groups is 1. The van der Waals surface area contributed by atoms with E-state index in [0.29, 0.717) is 38.6 Å². The molecule has 0 radical (unpaired) electrons. The average molecular weight is 492 g/mol. The molecule has 1 aliphatic heterocycles. The monoisotopic (exact) mass is 490 g/mol. The molecule has 1 fully saturated rings. The molecule has 1 aliphatic rings. The van der Waals surface area contributed by atoms with Crippen molar-refractivity contribution in [2.45, 2.75) is 11.9 Å². The summed E-state index contributed by atoms with van der Waals surface area (Å²) in [6.07, 6.45) is 0. The van der Waals surface area contributed by atoms with Crippen LogP contribution in [0.1, 0.15) is 26.9 Å². The lowest BCUT2D eigenvalue weighted by Gasteiger charge is -2.24. The SMILES string of the molecule is O=C(Nc1ccc(Cl)c(Cl)c1)c1ccc([C@@H]2SCC(=O)N2Cc2ccc(Cl)cc2)cc1. The summed E-state index contributed by atoms with van der Waals surface area (Å²) in [6, 6.07) is 19.7. The summed E-state index contributed by atoms with van der Waals surface area (Å²) in [5.41, 5.74) is 3.06. The molecule has 8 heteroatoms. The van der Waals surface area contributed by atoms with Crippen LogP contribution in [0, 0.1) is 0 Å². The Bertz CT molecular complexity index is 1120. The van der Waals surface area contributed by atoms with Crippen molar-refractivity contribution in [1.29, 1.82) is 0 Å². The zero-order valence-corrected chi connectivity index (χ0v) is 19.2. The molecule has 0 bridgehead atoms. The van der Waals surface area contributed by atoms with Gasteiger partial charge < -0.3 is 10.2 Å². The Kier molecular flexibility index (Phi) is 6.77. The summed E-state index contributed by atoms with van der Waals surface area (Å²) in [5.74, 6) is 0.266. The molecule has 0 aliphatic carbocycles. The Morgan fingerprint density at radius 2 is 1.68 bits per heavy atom. The zero-order chi connectivity index (χ0) is 22.0. The number of nitrogens with one attached hydrogen (secondary N) is 1. The first kappa shape index (κ1) is 22.0. The Morgan fingerprint density at radius 3 is 2.35 bits per heavy atom. The van der Waals surface area contributed by atoms with E-state index < -0.39 is 0 Å². The summed E-state index contributed by atoms with van der Waals surface area (Å²) < 4.78 is 0. The number of carbonyl (C=O) groups is 2. The van der Waals surface area contributed by atoms with Crippen LogP contribution in [0.25, 0.3) is 0 Å². The molecule has 0 aromatic heterocycles. The lowest BCUT2D eigenvalue weighted by molar-refractivity contribution is -0.128. The van der Waals surface area contributed by atoms with Gasteiger partial charge in [0, 0.05) is 22.8 Å². The van der Waals surface area contributed by atoms with Crippen LogP contribution >= 0.6 is 46.6 Å². The van der Waals surface area contributed by atoms with Gasteiger partial charge in [0.05, 0.1) is 15.8 Å². The molecule has 2 amide bonds. The van der Waals surface area contributed by atoms with E-state index in [1.54, 1.807) is 42.1 Å². The van der Waals surface area contributed by atoms with Crippen molar-refractivity contribution in [3.63, 3.8) is 0 Å². The van der Waals surface area contributed by atoms with E-state index in [1.165, 1.54) is 0 Å². The molecule has 3 aromatic carbocycles. The first-order valence-corrected chi connectivity index (χ1v) is 11.6. The average Bonchev–Trinajstić information content (AvgIpc) is 3.12. The van der Waals surface area contributed by atoms with Gasteiger partial charge in [-0.15, -0.1) is 11.8 Å². The Balaban J connectivity index is 1.47. The smallest absolute Gasteiger partial charge is 0.255 e. The first-order chi connectivity index (χ1) is 14.9. The molecular formula is C23H17Cl3N2O2S. The van der Waals surface area contributed by atoms with Gasteiger partial charge in [-0.3, -0.25) is 9.59 Å². The molecule has 0 spiro atoms. The fourth-order valence-corrected chi connectivity index (χ4v) is 4.88. The molecule has 1 atom stereocenters. The van der Waals surface area contributed by atoms with Crippen LogP contribution < -0.4 is 5.32 Å². The minimum absolute atomic E-state index is 0.0892. The van der Waals surface area contributed by atoms with Gasteiger partial charge >= 0.3 is 0 Å². The third-order valence-corrected chi connectivity index (χ3v) is 7.12. The molecule has 1 saturated heterocycles. The van der Waals surface area contributed by atoms with E-state index in [9.17, 15) is 9.59 Å². The second kappa shape index (κ2) is 9.53. The van der Waals surface area contributed by atoms with Gasteiger partial charge in [0.25, 0.3) is 5.91 Å². The van der Waals surface area contributed by atoms with Crippen LogP contribution in [0.3, 0.4) is 0 Å². The summed E-state index contributed by atoms with van der Waals surface area (Å²) in [7, 11) is 0. The van der Waals surface area contributed by atoms with E-state index >= 15 is 0 Å². The van der Waals surface area contributed by atoms with Gasteiger partial charge in [-0.25, -0.2) is 0 Å². The Hall–Kier alpha value is -2.18. The topological polar surface area (TPSA) is 49.4 Å². The van der Waals surface area contributed by atoms with Crippen molar-refractivity contribution >= 4 is 64.1 Å². The highest BCUT2D eigenvalue weighted by atomic mass is 35.5. The summed E-state index contributed by atoms with van der Waals surface area (Å²) in [6.45, 7) is 0.507. The lowest BCUT2D eigenvalue weighted by atomic mass is 10.1. The molecule has 158 valence electrons. The quantitative estimate of drug-likeness (QED) is 0.433. The molecule has 31 heavy (non-hydrogen) atoms. The van der Waals surface area contributed by atoms with E-state index in [1.807, 2.05) is 41.3 Å². The zero-order valence-electron chi connectivity index (χ0n) is 16.1. The van der Waals surface area contributed by atoms with Crippen molar-refractivity contribution in [1.82, 2.24) is 4.90 Å². The summed E-state index contributed by atoms with van der Waals surface area (Å²) in [5, 5.41) is 4.17. The molecule has 0 unspecified atom stereocenters. The molecular weight excluding hydrogens is 475 g/mol. The number of nitrogens with zero attached hydrogens (tertiary/aromatic N) is 1. The number of amides is 2. The van der Waals surface area contributed by atoms with Crippen LogP contribution in [-0.4, -0.2) is 22.5 Å². The van der Waals surface area contributed by atoms with Crippen molar-refractivity contribution in [3.05, 3.63) is 98.5 Å². The normalized spacial score (nSPS) is 15.9. The number of halogens is 3. The van der Waals surface area contributed by atoms with E-state index in [4.69, 9.17) is 34.8 Å². The fraction of sp³-hybridized carbons (Fsp3) is 0.130. The molecule has 4 rings (SSSR count). The number of carbonyl (C=O) groups excluding carboxylic acids is 2. The van der Waals surface area contributed by atoms with Gasteiger partial charge in [-0.1, -0.05) is 59.1 Å². The minimum atomic E-state index is -0.252. The Morgan fingerprint density at radius 1 is 0.968 bits per heavy atom. The molecule has 1 heterocycles. The number of rotatable bonds is 5. The van der Waals surface area contributed by atoms with Gasteiger partial charge in [0.15, 0.2) is 0 Å². The number of anilines is 1. The molecule has 3 aromatic rings. The number of benzene rings is 3. The third-order valence-electron chi connectivity index (χ3n) is 4.87. The predicted octanol–water partition coefficient (Wildman–Crippen LogP) is 6.67. The van der Waals surface area contributed by atoms with E-state index in [2.05, 4.69) is 5.32 Å². The highest BCUT2D eigenvalue weighted by Crippen LogP contribution is 2.39. The van der Waals surface area contributed by atoms with E-state index in [0.717, 1.165) is 11.1 Å². The fourth-order valence-electron chi connectivity index (χ4n) is 3.26. The minimum Gasteiger partial charge on any atom is -0.322 e. The van der Waals surface area contributed by atoms with Crippen molar-refractivity contribution in [2.75, 3.05) is 11.1 Å². The van der Waals surface area contributed by atoms with Gasteiger partial charge in [0.2, 0.25) is 5.91 Å². The standard InChI is InChI=1S/C23H17Cl3N2O2S/c24-17-7-1-14(2-8-17)12-28-21(29)13-31-23(28)16-5-3-15(4-6-16)22(30)27-18-9-10-19(25)20(26)11-18/h1-11,23H,12-13H2,(H,27,30)/t23-/m0/s1. The predicted molar refractivity (Wildman–Crippen MR) is 128 cm³/mol. The van der Waals surface area contributed by atoms with Crippen molar-refractivity contribution in [3.8, 4) is 0 Å². The second-order valence-corrected chi connectivity index (χ2v) is 9.34. The maximum absolute atomic E-state index is 12.6. The highest BCUT2D eigenvalue weighted by Gasteiger charge is 2.32. The van der Waals surface area contributed by atoms with E-state index in [-0.39, 0.29) is 17.2 Å². The first-order valence-electron chi connectivity index (χ1n) is 9.42. The summed E-state index contributed by atoms with van der Waals surface area (Å²) in [4.78, 5) is 26.9. The molecule has 0 saturated carbocycles. The van der Waals surface area contributed by atoms with Crippen LogP contribution in [-0.2, 0) is 11.3 Å². The molecule has 4 nitrogen and oxygen atoms in total. The summed E-state index contributed by atoms with van der Waals surface area (Å²) >= 11 is 19.5. The van der Waals surface area contributed by atoms with Crippen LogP contribution in [0.2, 0.25) is 15.1 Å². The third kappa shape index (κ3) is 5.18. The van der Waals surface area contributed by atoms with Crippen LogP contribution in [0.5, 0.6) is 0 Å². The Labute approximate surface area is 199 Å². The molecule has 1 N–H and O–H groups in total. The number of hydrogen-bond acceptors (Lipinski definition) is 3. The van der Waals surface area contributed by atoms with Crippen molar-refractivity contribution in [2.24, 2.45) is 0 Å². The van der Waals surface area contributed by atoms with Crippen LogP contribution in [0.4, 0.5) is 5.69 Å². The second-order valence-electron chi connectivity index (χ2n) is 7.02. The maximum atomic E-state index is 12.6.